The number of nitrogens with one attached hydrogen (secondary N) is 1. The summed E-state index contributed by atoms with van der Waals surface area (Å²) in [4.78, 5) is 24.0. The number of hydrogen-bond acceptors (Lipinski definition) is 4. The summed E-state index contributed by atoms with van der Waals surface area (Å²) in [5.74, 6) is -1.31. The fourth-order valence-electron chi connectivity index (χ4n) is 1.39. The summed E-state index contributed by atoms with van der Waals surface area (Å²) in [6, 6.07) is 5.41. The predicted molar refractivity (Wildman–Crippen MR) is 74.8 cm³/mol. The Hall–Kier alpha value is -2.09. The largest absolute Gasteiger partial charge is 0.478 e. The molecule has 0 aliphatic rings. The number of carboxylic acids is 1. The number of hydrogen-bond donors (Lipinski definition) is 2. The van der Waals surface area contributed by atoms with Gasteiger partial charge < -0.3 is 15.3 Å². The van der Waals surface area contributed by atoms with Crippen LogP contribution in [0.5, 0.6) is 0 Å². The van der Waals surface area contributed by atoms with Crippen LogP contribution in [0.2, 0.25) is 0 Å². The van der Waals surface area contributed by atoms with Gasteiger partial charge >= 0.3 is 12.0 Å². The van der Waals surface area contributed by atoms with Crippen LogP contribution in [0.25, 0.3) is 0 Å². The summed E-state index contributed by atoms with van der Waals surface area (Å²) in [5, 5.41) is 11.4. The number of carbonyl (C=O) groups excluding carboxylic acids is 1. The van der Waals surface area contributed by atoms with E-state index in [1.54, 1.807) is 12.1 Å². The number of para-hydroxylation sites is 1. The van der Waals surface area contributed by atoms with Gasteiger partial charge in [-0.15, -0.1) is 0 Å². The van der Waals surface area contributed by atoms with E-state index < -0.39 is 21.8 Å². The molecule has 110 valence electrons. The highest BCUT2D eigenvalue weighted by Gasteiger charge is 2.15. The molecule has 0 radical (unpaired) electrons. The summed E-state index contributed by atoms with van der Waals surface area (Å²) in [5.41, 5.74) is 0.133. The van der Waals surface area contributed by atoms with Crippen molar-refractivity contribution in [1.29, 1.82) is 0 Å². The minimum atomic E-state index is -3.16. The van der Waals surface area contributed by atoms with Gasteiger partial charge in [-0.05, 0) is 12.1 Å². The first-order chi connectivity index (χ1) is 9.20. The fourth-order valence-corrected chi connectivity index (χ4v) is 2.00. The molecule has 1 aromatic rings. The SMILES string of the molecule is CN(CCS(C)(=O)=O)C(=O)Nc1ccccc1C(=O)O. The second kappa shape index (κ2) is 6.38. The molecule has 1 rings (SSSR count). The van der Waals surface area contributed by atoms with Crippen molar-refractivity contribution in [2.75, 3.05) is 30.9 Å². The van der Waals surface area contributed by atoms with Crippen molar-refractivity contribution in [2.45, 2.75) is 0 Å². The molecule has 0 unspecified atom stereocenters. The summed E-state index contributed by atoms with van der Waals surface area (Å²) < 4.78 is 22.0. The highest BCUT2D eigenvalue weighted by molar-refractivity contribution is 7.90. The number of benzene rings is 1. The van der Waals surface area contributed by atoms with Gasteiger partial charge in [-0.1, -0.05) is 12.1 Å². The van der Waals surface area contributed by atoms with Crippen LogP contribution in [0.3, 0.4) is 0 Å². The van der Waals surface area contributed by atoms with Gasteiger partial charge in [0.1, 0.15) is 9.84 Å². The molecule has 0 atom stereocenters. The van der Waals surface area contributed by atoms with E-state index >= 15 is 0 Å². The standard InChI is InChI=1S/C12H16N2O5S/c1-14(7-8-20(2,18)19)12(17)13-10-6-4-3-5-9(10)11(15)16/h3-6H,7-8H2,1-2H3,(H,13,17)(H,15,16). The van der Waals surface area contributed by atoms with Crippen LogP contribution in [0.15, 0.2) is 24.3 Å². The number of amides is 2. The van der Waals surface area contributed by atoms with Crippen molar-refractivity contribution in [3.8, 4) is 0 Å². The third kappa shape index (κ3) is 4.88. The van der Waals surface area contributed by atoms with E-state index in [1.807, 2.05) is 0 Å². The van der Waals surface area contributed by atoms with Crippen molar-refractivity contribution in [3.63, 3.8) is 0 Å². The Morgan fingerprint density at radius 1 is 1.30 bits per heavy atom. The van der Waals surface area contributed by atoms with Crippen LogP contribution in [0, 0.1) is 0 Å². The minimum absolute atomic E-state index is 0.0277. The summed E-state index contributed by atoms with van der Waals surface area (Å²) in [6.07, 6.45) is 1.08. The minimum Gasteiger partial charge on any atom is -0.478 e. The van der Waals surface area contributed by atoms with Gasteiger partial charge in [-0.3, -0.25) is 0 Å². The molecule has 2 amide bonds. The molecule has 20 heavy (non-hydrogen) atoms. The van der Waals surface area contributed by atoms with Crippen LogP contribution in [0.1, 0.15) is 10.4 Å². The Balaban J connectivity index is 2.73. The molecule has 8 heteroatoms. The molecule has 2 N–H and O–H groups in total. The highest BCUT2D eigenvalue weighted by atomic mass is 32.2. The molecular formula is C12H16N2O5S. The Morgan fingerprint density at radius 2 is 1.90 bits per heavy atom. The predicted octanol–water partition coefficient (Wildman–Crippen LogP) is 0.893. The normalized spacial score (nSPS) is 10.9. The van der Waals surface area contributed by atoms with E-state index in [-0.39, 0.29) is 23.5 Å². The van der Waals surface area contributed by atoms with Gasteiger partial charge in [-0.25, -0.2) is 18.0 Å². The van der Waals surface area contributed by atoms with Crippen molar-refractivity contribution in [1.82, 2.24) is 4.90 Å². The monoisotopic (exact) mass is 300 g/mol. The smallest absolute Gasteiger partial charge is 0.337 e. The lowest BCUT2D eigenvalue weighted by Crippen LogP contribution is -2.35. The quantitative estimate of drug-likeness (QED) is 0.840. The maximum absolute atomic E-state index is 11.8. The summed E-state index contributed by atoms with van der Waals surface area (Å²) in [6.45, 7) is 0.0277. The Kier molecular flexibility index (Phi) is 5.09. The van der Waals surface area contributed by atoms with Gasteiger partial charge in [0.25, 0.3) is 0 Å². The third-order valence-electron chi connectivity index (χ3n) is 2.54. The van der Waals surface area contributed by atoms with Gasteiger partial charge in [0.15, 0.2) is 0 Å². The molecule has 1 aromatic carbocycles. The van der Waals surface area contributed by atoms with Gasteiger partial charge in [0.2, 0.25) is 0 Å². The van der Waals surface area contributed by atoms with Gasteiger partial charge in [-0.2, -0.15) is 0 Å². The lowest BCUT2D eigenvalue weighted by molar-refractivity contribution is 0.0698. The second-order valence-corrected chi connectivity index (χ2v) is 6.59. The second-order valence-electron chi connectivity index (χ2n) is 4.33. The first-order valence-corrected chi connectivity index (χ1v) is 7.79. The average molecular weight is 300 g/mol. The number of anilines is 1. The number of rotatable bonds is 5. The highest BCUT2D eigenvalue weighted by Crippen LogP contribution is 2.15. The van der Waals surface area contributed by atoms with Gasteiger partial charge in [0.05, 0.1) is 17.0 Å². The Bertz CT molecular complexity index is 612. The first-order valence-electron chi connectivity index (χ1n) is 5.73. The molecule has 0 spiro atoms. The molecule has 7 nitrogen and oxygen atoms in total. The van der Waals surface area contributed by atoms with Crippen molar-refractivity contribution in [2.24, 2.45) is 0 Å². The molecule has 0 bridgehead atoms. The first kappa shape index (κ1) is 16.0. The van der Waals surface area contributed by atoms with E-state index in [9.17, 15) is 18.0 Å². The van der Waals surface area contributed by atoms with Crippen LogP contribution in [0.4, 0.5) is 10.5 Å². The molecule has 0 aliphatic carbocycles. The van der Waals surface area contributed by atoms with E-state index in [1.165, 1.54) is 24.1 Å². The molecule has 0 saturated carbocycles. The third-order valence-corrected chi connectivity index (χ3v) is 3.47. The number of urea groups is 1. The van der Waals surface area contributed by atoms with E-state index in [4.69, 9.17) is 5.11 Å². The van der Waals surface area contributed by atoms with Crippen molar-refractivity contribution >= 4 is 27.5 Å². The number of aromatic carboxylic acids is 1. The maximum Gasteiger partial charge on any atom is 0.337 e. The van der Waals surface area contributed by atoms with Crippen LogP contribution in [-0.2, 0) is 9.84 Å². The average Bonchev–Trinajstić information content (AvgIpc) is 2.35. The van der Waals surface area contributed by atoms with E-state index in [0.29, 0.717) is 0 Å². The molecular weight excluding hydrogens is 284 g/mol. The molecule has 0 aliphatic heterocycles. The lowest BCUT2D eigenvalue weighted by Gasteiger charge is -2.18. The number of nitrogens with zero attached hydrogens (tertiary/aromatic N) is 1. The molecule has 0 fully saturated rings. The van der Waals surface area contributed by atoms with Gasteiger partial charge in [0, 0.05) is 19.8 Å². The van der Waals surface area contributed by atoms with Crippen LogP contribution in [-0.4, -0.2) is 56.0 Å². The summed E-state index contributed by atoms with van der Waals surface area (Å²) >= 11 is 0. The molecule has 0 aromatic heterocycles. The lowest BCUT2D eigenvalue weighted by atomic mass is 10.2. The van der Waals surface area contributed by atoms with Crippen LogP contribution >= 0.6 is 0 Å². The number of sulfone groups is 1. The topological polar surface area (TPSA) is 104 Å². The van der Waals surface area contributed by atoms with Crippen molar-refractivity contribution in [3.05, 3.63) is 29.8 Å². The zero-order valence-electron chi connectivity index (χ0n) is 11.2. The van der Waals surface area contributed by atoms with E-state index in [2.05, 4.69) is 5.32 Å². The van der Waals surface area contributed by atoms with Crippen LogP contribution < -0.4 is 5.32 Å². The molecule has 0 saturated heterocycles. The molecule has 0 heterocycles. The Morgan fingerprint density at radius 3 is 2.45 bits per heavy atom. The number of carbonyl (C=O) groups is 2. The maximum atomic E-state index is 11.8. The van der Waals surface area contributed by atoms with Crippen molar-refractivity contribution < 1.29 is 23.1 Å². The fraction of sp³-hybridized carbons (Fsp3) is 0.333. The zero-order chi connectivity index (χ0) is 15.3. The zero-order valence-corrected chi connectivity index (χ0v) is 12.0. The number of carboxylic acid groups (broad SMARTS) is 1. The summed E-state index contributed by atoms with van der Waals surface area (Å²) in [7, 11) is -1.73. The van der Waals surface area contributed by atoms with E-state index in [0.717, 1.165) is 6.26 Å². The Labute approximate surface area is 117 Å².